The van der Waals surface area contributed by atoms with Crippen LogP contribution in [0.25, 0.3) is 16.7 Å². The number of benzene rings is 1. The van der Waals surface area contributed by atoms with E-state index in [-0.39, 0.29) is 0 Å². The van der Waals surface area contributed by atoms with Gasteiger partial charge in [-0.25, -0.2) is 4.98 Å². The van der Waals surface area contributed by atoms with Crippen molar-refractivity contribution >= 4 is 16.7 Å². The lowest BCUT2D eigenvalue weighted by Gasteiger charge is -2.08. The molecular formula is C19H20N2O3. The number of hydrogen-bond donors (Lipinski definition) is 1. The fourth-order valence-corrected chi connectivity index (χ4v) is 2.41. The first-order valence-electron chi connectivity index (χ1n) is 7.36. The number of ether oxygens (including phenoxy) is 2. The van der Waals surface area contributed by atoms with Crippen LogP contribution in [0.5, 0.6) is 0 Å². The van der Waals surface area contributed by atoms with E-state index in [1.807, 2.05) is 43.3 Å². The molecule has 0 saturated carbocycles. The average molecular weight is 324 g/mol. The molecule has 2 N–H and O–H groups in total. The summed E-state index contributed by atoms with van der Waals surface area (Å²) < 4.78 is 16.7. The summed E-state index contributed by atoms with van der Waals surface area (Å²) in [5.74, 6) is 2.19. The number of methoxy groups -OCH3 is 2. The van der Waals surface area contributed by atoms with Crippen LogP contribution >= 0.6 is 0 Å². The van der Waals surface area contributed by atoms with E-state index in [1.165, 1.54) is 0 Å². The molecule has 2 aromatic rings. The lowest BCUT2D eigenvalue weighted by atomic mass is 10.2. The van der Waals surface area contributed by atoms with E-state index >= 15 is 0 Å². The maximum absolute atomic E-state index is 5.83. The van der Waals surface area contributed by atoms with E-state index in [9.17, 15) is 0 Å². The molecule has 0 amide bonds. The summed E-state index contributed by atoms with van der Waals surface area (Å²) in [6.07, 6.45) is 9.03. The largest absolute Gasteiger partial charge is 0.497 e. The molecular weight excluding hydrogens is 304 g/mol. The molecule has 0 aliphatic heterocycles. The molecule has 124 valence electrons. The van der Waals surface area contributed by atoms with E-state index in [4.69, 9.17) is 13.9 Å². The third-order valence-corrected chi connectivity index (χ3v) is 3.56. The number of nitrogens with two attached hydrogens (primary N) is 1. The predicted molar refractivity (Wildman–Crippen MR) is 94.4 cm³/mol. The quantitative estimate of drug-likeness (QED) is 0.690. The van der Waals surface area contributed by atoms with Gasteiger partial charge in [-0.2, -0.15) is 0 Å². The van der Waals surface area contributed by atoms with Gasteiger partial charge in [-0.3, -0.25) is 0 Å². The number of oxazole rings is 1. The van der Waals surface area contributed by atoms with Crippen LogP contribution in [0.2, 0.25) is 0 Å². The lowest BCUT2D eigenvalue weighted by molar-refractivity contribution is 0.277. The van der Waals surface area contributed by atoms with Crippen LogP contribution in [-0.4, -0.2) is 19.2 Å². The Kier molecular flexibility index (Phi) is 5.69. The van der Waals surface area contributed by atoms with Crippen molar-refractivity contribution in [1.29, 1.82) is 0 Å². The van der Waals surface area contributed by atoms with E-state index < -0.39 is 0 Å². The zero-order valence-electron chi connectivity index (χ0n) is 14.0. The standard InChI is InChI=1S/C17H17NO3.C2H3N/c1-11-14(19-2)9-8-12(10-16(11)20-3)17-18-13-6-4-5-7-15(13)21-17;1-2-3/h4-7,9-10H,8H2,1-3H3;1H,3H2. The van der Waals surface area contributed by atoms with Crippen molar-refractivity contribution in [2.24, 2.45) is 5.73 Å². The van der Waals surface area contributed by atoms with Gasteiger partial charge in [-0.05, 0) is 43.7 Å². The second-order valence-corrected chi connectivity index (χ2v) is 4.99. The maximum Gasteiger partial charge on any atom is 0.223 e. The molecule has 1 aromatic carbocycles. The van der Waals surface area contributed by atoms with Gasteiger partial charge >= 0.3 is 0 Å². The number of hydrogen-bond acceptors (Lipinski definition) is 5. The van der Waals surface area contributed by atoms with Crippen molar-refractivity contribution in [3.05, 3.63) is 59.4 Å². The number of nitrogens with zero attached hydrogens (tertiary/aromatic N) is 1. The Labute approximate surface area is 141 Å². The first-order valence-corrected chi connectivity index (χ1v) is 7.36. The highest BCUT2D eigenvalue weighted by Crippen LogP contribution is 2.30. The molecule has 0 bridgehead atoms. The van der Waals surface area contributed by atoms with Crippen molar-refractivity contribution in [3.8, 4) is 12.5 Å². The highest BCUT2D eigenvalue weighted by Gasteiger charge is 2.17. The molecule has 1 aromatic heterocycles. The van der Waals surface area contributed by atoms with Crippen LogP contribution in [0.15, 0.2) is 57.9 Å². The van der Waals surface area contributed by atoms with Gasteiger partial charge in [0.25, 0.3) is 0 Å². The van der Waals surface area contributed by atoms with Gasteiger partial charge in [0.05, 0.1) is 14.2 Å². The Morgan fingerprint density at radius 3 is 2.58 bits per heavy atom. The van der Waals surface area contributed by atoms with Gasteiger partial charge in [0.2, 0.25) is 5.89 Å². The first-order chi connectivity index (χ1) is 11.6. The Bertz CT molecular complexity index is 818. The maximum atomic E-state index is 5.83. The van der Waals surface area contributed by atoms with Gasteiger partial charge in [-0.15, -0.1) is 0 Å². The third kappa shape index (κ3) is 3.61. The number of terminal acetylenes is 1. The number of rotatable bonds is 3. The van der Waals surface area contributed by atoms with Crippen LogP contribution in [0.1, 0.15) is 19.2 Å². The normalized spacial score (nSPS) is 13.9. The van der Waals surface area contributed by atoms with Crippen LogP contribution < -0.4 is 5.73 Å². The predicted octanol–water partition coefficient (Wildman–Crippen LogP) is 3.60. The average Bonchev–Trinajstić information content (AvgIpc) is 2.95. The smallest absolute Gasteiger partial charge is 0.223 e. The zero-order chi connectivity index (χ0) is 17.5. The highest BCUT2D eigenvalue weighted by molar-refractivity contribution is 5.76. The number of para-hydroxylation sites is 2. The SMILES string of the molecule is C#CN.COC1=CCC(c2nc3ccccc3o2)=CC(OC)=C1C. The van der Waals surface area contributed by atoms with Crippen LogP contribution in [0, 0.1) is 12.5 Å². The van der Waals surface area contributed by atoms with Gasteiger partial charge in [-0.1, -0.05) is 18.6 Å². The Morgan fingerprint density at radius 2 is 1.96 bits per heavy atom. The molecule has 24 heavy (non-hydrogen) atoms. The monoisotopic (exact) mass is 324 g/mol. The molecule has 5 nitrogen and oxygen atoms in total. The second kappa shape index (κ2) is 7.93. The van der Waals surface area contributed by atoms with Crippen LogP contribution in [0.3, 0.4) is 0 Å². The minimum Gasteiger partial charge on any atom is -0.497 e. The lowest BCUT2D eigenvalue weighted by Crippen LogP contribution is -1.93. The van der Waals surface area contributed by atoms with Gasteiger partial charge in [0.15, 0.2) is 5.58 Å². The van der Waals surface area contributed by atoms with Crippen molar-refractivity contribution in [2.45, 2.75) is 13.3 Å². The summed E-state index contributed by atoms with van der Waals surface area (Å²) in [7, 11) is 3.31. The van der Waals surface area contributed by atoms with Crippen LogP contribution in [-0.2, 0) is 9.47 Å². The van der Waals surface area contributed by atoms with E-state index in [1.54, 1.807) is 20.3 Å². The zero-order valence-corrected chi connectivity index (χ0v) is 14.0. The fraction of sp³-hybridized carbons (Fsp3) is 0.211. The topological polar surface area (TPSA) is 70.5 Å². The highest BCUT2D eigenvalue weighted by atomic mass is 16.5. The molecule has 1 aliphatic carbocycles. The summed E-state index contributed by atoms with van der Waals surface area (Å²) in [6.45, 7) is 1.97. The number of fused-ring (bicyclic) bond motifs is 1. The third-order valence-electron chi connectivity index (χ3n) is 3.56. The summed E-state index contributed by atoms with van der Waals surface area (Å²) in [4.78, 5) is 4.54. The van der Waals surface area contributed by atoms with Crippen LogP contribution in [0.4, 0.5) is 0 Å². The summed E-state index contributed by atoms with van der Waals surface area (Å²) in [5.41, 5.74) is 7.95. The minimum absolute atomic E-state index is 0.618. The minimum atomic E-state index is 0.618. The molecule has 0 fully saturated rings. The van der Waals surface area contributed by atoms with Gasteiger partial charge in [0.1, 0.15) is 17.0 Å². The first kappa shape index (κ1) is 17.2. The summed E-state index contributed by atoms with van der Waals surface area (Å²) in [6, 6.07) is 9.49. The van der Waals surface area contributed by atoms with Gasteiger partial charge < -0.3 is 19.6 Å². The van der Waals surface area contributed by atoms with Gasteiger partial charge in [0, 0.05) is 11.1 Å². The van der Waals surface area contributed by atoms with E-state index in [0.717, 1.165) is 33.8 Å². The molecule has 1 heterocycles. The molecule has 0 radical (unpaired) electrons. The molecule has 0 unspecified atom stereocenters. The van der Waals surface area contributed by atoms with Crippen molar-refractivity contribution in [1.82, 2.24) is 4.98 Å². The van der Waals surface area contributed by atoms with E-state index in [2.05, 4.69) is 17.1 Å². The molecule has 3 rings (SSSR count). The van der Waals surface area contributed by atoms with Crippen molar-refractivity contribution in [2.75, 3.05) is 14.2 Å². The molecule has 0 atom stereocenters. The molecule has 0 spiro atoms. The summed E-state index contributed by atoms with van der Waals surface area (Å²) in [5, 5.41) is 0. The Hall–Kier alpha value is -3.13. The molecule has 5 heteroatoms. The number of aromatic nitrogens is 1. The van der Waals surface area contributed by atoms with Crippen molar-refractivity contribution in [3.63, 3.8) is 0 Å². The Morgan fingerprint density at radius 1 is 1.25 bits per heavy atom. The Balaban J connectivity index is 0.000000647. The van der Waals surface area contributed by atoms with Crippen molar-refractivity contribution < 1.29 is 13.9 Å². The second-order valence-electron chi connectivity index (χ2n) is 4.99. The molecule has 0 saturated heterocycles. The fourth-order valence-electron chi connectivity index (χ4n) is 2.41. The van der Waals surface area contributed by atoms with E-state index in [0.29, 0.717) is 12.3 Å². The number of allylic oxidation sites excluding steroid dienone is 4. The molecule has 1 aliphatic rings. The summed E-state index contributed by atoms with van der Waals surface area (Å²) >= 11 is 0.